The Labute approximate surface area is 387 Å². The molecule has 4 aromatic carbocycles. The zero-order valence-corrected chi connectivity index (χ0v) is 38.1. The van der Waals surface area contributed by atoms with Crippen LogP contribution < -0.4 is 15.5 Å². The maximum atomic E-state index is 15.2. The fraction of sp³-hybridized carbons (Fsp3) is 0.346. The first-order valence-corrected chi connectivity index (χ1v) is 22.9. The summed E-state index contributed by atoms with van der Waals surface area (Å²) in [7, 11) is 0. The van der Waals surface area contributed by atoms with Gasteiger partial charge in [0.1, 0.15) is 23.6 Å². The number of carbonyl (C=O) groups excluding carboxylic acids is 4. The Bertz CT molecular complexity index is 2910. The molecule has 67 heavy (non-hydrogen) atoms. The van der Waals surface area contributed by atoms with Crippen molar-refractivity contribution in [2.24, 2.45) is 5.41 Å². The maximum Gasteiger partial charge on any atom is 0.328 e. The molecule has 3 fully saturated rings. The minimum Gasteiger partial charge on any atom is -0.386 e. The van der Waals surface area contributed by atoms with E-state index in [4.69, 9.17) is 0 Å². The highest BCUT2D eigenvalue weighted by atomic mass is 19.1. The van der Waals surface area contributed by atoms with E-state index in [0.717, 1.165) is 74.6 Å². The summed E-state index contributed by atoms with van der Waals surface area (Å²) in [5, 5.41) is 16.0. The van der Waals surface area contributed by atoms with Gasteiger partial charge in [0.15, 0.2) is 0 Å². The largest absolute Gasteiger partial charge is 0.386 e. The number of fused-ring (bicyclic) bond motifs is 1. The summed E-state index contributed by atoms with van der Waals surface area (Å²) in [6.07, 6.45) is 6.67. The topological polar surface area (TPSA) is 164 Å². The van der Waals surface area contributed by atoms with Gasteiger partial charge in [-0.05, 0) is 149 Å². The van der Waals surface area contributed by atoms with Crippen molar-refractivity contribution in [3.63, 3.8) is 0 Å². The van der Waals surface area contributed by atoms with Crippen LogP contribution in [0, 0.1) is 30.9 Å². The molecule has 0 bridgehead atoms. The fourth-order valence-electron chi connectivity index (χ4n) is 9.72. The number of likely N-dealkylation sites (tertiary alicyclic amines) is 2. The van der Waals surface area contributed by atoms with Gasteiger partial charge in [-0.2, -0.15) is 0 Å². The van der Waals surface area contributed by atoms with E-state index >= 15 is 8.78 Å². The van der Waals surface area contributed by atoms with E-state index in [1.807, 2.05) is 30.0 Å². The molecule has 0 aliphatic carbocycles. The Morgan fingerprint density at radius 1 is 0.866 bits per heavy atom. The highest BCUT2D eigenvalue weighted by molar-refractivity contribution is 6.07. The molecule has 5 amide bonds. The van der Waals surface area contributed by atoms with Crippen molar-refractivity contribution in [2.45, 2.75) is 71.8 Å². The van der Waals surface area contributed by atoms with E-state index in [9.17, 15) is 24.3 Å². The number of rotatable bonds is 10. The summed E-state index contributed by atoms with van der Waals surface area (Å²) in [6.45, 7) is 11.4. The van der Waals surface area contributed by atoms with Crippen LogP contribution in [0.4, 0.5) is 25.0 Å². The number of aliphatic hydroxyl groups is 1. The zero-order valence-electron chi connectivity index (χ0n) is 38.1. The van der Waals surface area contributed by atoms with Gasteiger partial charge in [-0.15, -0.1) is 0 Å². The molecule has 2 aromatic heterocycles. The van der Waals surface area contributed by atoms with Gasteiger partial charge in [-0.3, -0.25) is 24.6 Å². The van der Waals surface area contributed by atoms with Gasteiger partial charge in [-0.25, -0.2) is 23.5 Å². The van der Waals surface area contributed by atoms with Crippen molar-refractivity contribution >= 4 is 46.2 Å². The van der Waals surface area contributed by atoms with Crippen LogP contribution in [-0.2, 0) is 16.8 Å². The van der Waals surface area contributed by atoms with Crippen LogP contribution in [0.1, 0.15) is 88.9 Å². The number of nitrogens with one attached hydrogen (secondary N) is 3. The molecule has 0 atom stereocenters. The van der Waals surface area contributed by atoms with Gasteiger partial charge < -0.3 is 25.2 Å². The van der Waals surface area contributed by atoms with Crippen LogP contribution >= 0.6 is 0 Å². The van der Waals surface area contributed by atoms with Crippen LogP contribution in [0.5, 0.6) is 0 Å². The number of nitrogens with zero attached hydrogens (tertiary/aromatic N) is 5. The molecule has 15 heteroatoms. The van der Waals surface area contributed by atoms with E-state index in [2.05, 4.69) is 54.8 Å². The summed E-state index contributed by atoms with van der Waals surface area (Å²) >= 11 is 0. The van der Waals surface area contributed by atoms with Crippen LogP contribution in [0.2, 0.25) is 0 Å². The molecule has 3 aliphatic heterocycles. The van der Waals surface area contributed by atoms with E-state index in [-0.39, 0.29) is 41.4 Å². The highest BCUT2D eigenvalue weighted by Gasteiger charge is 2.39. The molecule has 4 N–H and O–H groups in total. The quantitative estimate of drug-likeness (QED) is 0.106. The molecule has 6 aromatic rings. The van der Waals surface area contributed by atoms with E-state index < -0.39 is 29.2 Å². The number of aryl methyl sites for hydroxylation is 1. The second kappa shape index (κ2) is 18.1. The number of aromatic nitrogens is 3. The van der Waals surface area contributed by atoms with E-state index in [1.54, 1.807) is 13.0 Å². The maximum absolute atomic E-state index is 15.2. The average molecular weight is 909 g/mol. The summed E-state index contributed by atoms with van der Waals surface area (Å²) < 4.78 is 30.2. The normalized spacial score (nSPS) is 16.7. The molecular formula is C52H54F2N8O5. The number of aromatic amines is 1. The number of benzene rings is 4. The summed E-state index contributed by atoms with van der Waals surface area (Å²) in [5.41, 5.74) is 6.30. The molecule has 0 unspecified atom stereocenters. The number of amides is 5. The van der Waals surface area contributed by atoms with Crippen LogP contribution in [-0.4, -0.2) is 92.9 Å². The van der Waals surface area contributed by atoms with Gasteiger partial charge in [0, 0.05) is 66.2 Å². The molecule has 0 radical (unpaired) electrons. The average Bonchev–Trinajstić information content (AvgIpc) is 3.75. The number of hydrogen-bond donors (Lipinski definition) is 4. The summed E-state index contributed by atoms with van der Waals surface area (Å²) in [6, 6.07) is 21.8. The van der Waals surface area contributed by atoms with Crippen molar-refractivity contribution in [1.82, 2.24) is 30.1 Å². The Morgan fingerprint density at radius 3 is 2.30 bits per heavy atom. The van der Waals surface area contributed by atoms with Crippen LogP contribution in [0.25, 0.3) is 33.5 Å². The first kappa shape index (κ1) is 45.3. The smallest absolute Gasteiger partial charge is 0.328 e. The Balaban J connectivity index is 0.794. The third-order valence-electron chi connectivity index (χ3n) is 14.0. The molecule has 346 valence electrons. The second-order valence-corrected chi connectivity index (χ2v) is 18.8. The molecule has 13 nitrogen and oxygen atoms in total. The fourth-order valence-corrected chi connectivity index (χ4v) is 9.72. The second-order valence-electron chi connectivity index (χ2n) is 18.8. The monoisotopic (exact) mass is 908 g/mol. The van der Waals surface area contributed by atoms with Gasteiger partial charge >= 0.3 is 6.03 Å². The highest BCUT2D eigenvalue weighted by Crippen LogP contribution is 2.42. The van der Waals surface area contributed by atoms with Crippen LogP contribution in [0.15, 0.2) is 85.2 Å². The van der Waals surface area contributed by atoms with Gasteiger partial charge in [0.2, 0.25) is 5.91 Å². The van der Waals surface area contributed by atoms with Crippen molar-refractivity contribution in [2.75, 3.05) is 49.5 Å². The minimum atomic E-state index is -1.29. The van der Waals surface area contributed by atoms with Gasteiger partial charge in [0.25, 0.3) is 11.8 Å². The van der Waals surface area contributed by atoms with E-state index in [0.29, 0.717) is 57.8 Å². The first-order valence-electron chi connectivity index (χ1n) is 22.9. The predicted octanol–water partition coefficient (Wildman–Crippen LogP) is 8.67. The Kier molecular flexibility index (Phi) is 12.2. The SMILES string of the molecule is Cc1ccc(C(=O)N2CCC3(CCN(CCc4ccc(-c5cc6c(-c7cc(F)cc(NC(=O)c8ccc(C(C)(C)O)cc8F)c7C)ncnc6[nH]5)cc4)CC3)CC2)cc1N1CCC(=O)NC1=O. The Hall–Kier alpha value is -6.84. The number of halogens is 2. The first-order chi connectivity index (χ1) is 32.0. The molecular weight excluding hydrogens is 855 g/mol. The third kappa shape index (κ3) is 9.43. The molecule has 5 heterocycles. The van der Waals surface area contributed by atoms with Crippen LogP contribution in [0.3, 0.4) is 0 Å². The predicted molar refractivity (Wildman–Crippen MR) is 253 cm³/mol. The lowest BCUT2D eigenvalue weighted by atomic mass is 9.71. The number of piperidine rings is 2. The van der Waals surface area contributed by atoms with E-state index in [1.165, 1.54) is 54.9 Å². The van der Waals surface area contributed by atoms with Gasteiger partial charge in [-0.1, -0.05) is 36.4 Å². The lowest BCUT2D eigenvalue weighted by Crippen LogP contribution is -2.50. The number of carbonyl (C=O) groups is 4. The number of H-pyrrole nitrogens is 1. The number of imide groups is 1. The van der Waals surface area contributed by atoms with Crippen molar-refractivity contribution in [1.29, 1.82) is 0 Å². The Morgan fingerprint density at radius 2 is 1.60 bits per heavy atom. The third-order valence-corrected chi connectivity index (χ3v) is 14.0. The lowest BCUT2D eigenvalue weighted by molar-refractivity contribution is -0.120. The summed E-state index contributed by atoms with van der Waals surface area (Å²) in [4.78, 5) is 69.5. The minimum absolute atomic E-state index is 0.0266. The molecule has 3 saturated heterocycles. The number of anilines is 2. The molecule has 1 spiro atoms. The number of hydrogen-bond acceptors (Lipinski definition) is 8. The molecule has 3 aliphatic rings. The van der Waals surface area contributed by atoms with Gasteiger partial charge in [0.05, 0.1) is 16.9 Å². The standard InChI is InChI=1S/C52H54F2N8O5/c1-31-5-8-35(25-44(31)62-20-14-45(63)59-50(62)66)49(65)61-23-17-52(18-24-61)15-21-60(22-16-52)19-13-33-6-9-34(10-7-33)43-29-40-46(55-30-56-47(40)57-43)39-27-37(53)28-42(32(39)2)58-48(64)38-12-11-36(26-41(38)54)51(3,4)67/h5-12,25-30,67H,13-24H2,1-4H3,(H,58,64)(H,55,56,57)(H,59,63,66). The molecule has 9 rings (SSSR count). The van der Waals surface area contributed by atoms with Crippen molar-refractivity contribution in [3.8, 4) is 22.5 Å². The summed E-state index contributed by atoms with van der Waals surface area (Å²) in [5.74, 6) is -2.48. The van der Waals surface area contributed by atoms with Crippen molar-refractivity contribution in [3.05, 3.63) is 130 Å². The lowest BCUT2D eigenvalue weighted by Gasteiger charge is -2.47. The molecule has 0 saturated carbocycles. The number of urea groups is 1. The van der Waals surface area contributed by atoms with Crippen molar-refractivity contribution < 1.29 is 33.1 Å². The zero-order chi connectivity index (χ0) is 47.2.